The molecule has 0 amide bonds. The average Bonchev–Trinajstić information content (AvgIpc) is 3.09. The summed E-state index contributed by atoms with van der Waals surface area (Å²) in [5.41, 5.74) is 3.74. The van der Waals surface area contributed by atoms with Crippen LogP contribution in [0, 0.1) is 0 Å². The van der Waals surface area contributed by atoms with Gasteiger partial charge in [0.1, 0.15) is 5.52 Å². The van der Waals surface area contributed by atoms with Gasteiger partial charge < -0.3 is 20.1 Å². The zero-order valence-corrected chi connectivity index (χ0v) is 13.3. The second-order valence-corrected chi connectivity index (χ2v) is 6.32. The van der Waals surface area contributed by atoms with Crippen molar-refractivity contribution < 1.29 is 17.7 Å². The van der Waals surface area contributed by atoms with Crippen molar-refractivity contribution in [3.63, 3.8) is 0 Å². The normalized spacial score (nSPS) is 24.8. The fourth-order valence-corrected chi connectivity index (χ4v) is 3.63. The highest BCUT2D eigenvalue weighted by Crippen LogP contribution is 2.37. The van der Waals surface area contributed by atoms with Crippen molar-refractivity contribution in [2.24, 2.45) is 0 Å². The molecule has 2 aliphatic rings. The zero-order chi connectivity index (χ0) is 21.5. The van der Waals surface area contributed by atoms with Crippen LogP contribution in [0.3, 0.4) is 0 Å². The minimum Gasteiger partial charge on any atom is -0.491 e. The Bertz CT molecular complexity index is 941. The van der Waals surface area contributed by atoms with E-state index in [1.807, 2.05) is 0 Å². The molecule has 2 aromatic heterocycles. The zero-order valence-electron chi connectivity index (χ0n) is 19.3. The largest absolute Gasteiger partial charge is 0.491 e. The average molecular weight is 334 g/mol. The number of pyridine rings is 2. The Balaban J connectivity index is 1.85. The van der Waals surface area contributed by atoms with E-state index in [9.17, 15) is 0 Å². The summed E-state index contributed by atoms with van der Waals surface area (Å²) in [6.45, 7) is 1.80. The summed E-state index contributed by atoms with van der Waals surface area (Å²) < 4.78 is 54.4. The van der Waals surface area contributed by atoms with Gasteiger partial charge in [0.2, 0.25) is 0 Å². The van der Waals surface area contributed by atoms with Crippen molar-refractivity contribution in [3.05, 3.63) is 17.3 Å². The van der Waals surface area contributed by atoms with Crippen LogP contribution in [0.4, 0.5) is 5.69 Å². The molecule has 1 aliphatic heterocycles. The lowest BCUT2D eigenvalue weighted by molar-refractivity contribution is 0.344. The second kappa shape index (κ2) is 6.43. The molecular formula is C18H24N4O2. The van der Waals surface area contributed by atoms with Gasteiger partial charge in [-0.05, 0) is 44.2 Å². The van der Waals surface area contributed by atoms with Crippen molar-refractivity contribution in [1.82, 2.24) is 15.3 Å². The fourth-order valence-electron chi connectivity index (χ4n) is 3.63. The van der Waals surface area contributed by atoms with Gasteiger partial charge in [-0.25, -0.2) is 4.98 Å². The molecule has 2 aromatic rings. The van der Waals surface area contributed by atoms with E-state index in [-0.39, 0.29) is 17.7 Å². The van der Waals surface area contributed by atoms with E-state index in [2.05, 4.69) is 20.6 Å². The Labute approximate surface area is 150 Å². The summed E-state index contributed by atoms with van der Waals surface area (Å²) in [6, 6.07) is 1.61. The molecule has 128 valence electrons. The fraction of sp³-hybridized carbons (Fsp3) is 0.556. The minimum atomic E-state index is -2.81. The van der Waals surface area contributed by atoms with Crippen molar-refractivity contribution in [2.45, 2.75) is 38.1 Å². The highest BCUT2D eigenvalue weighted by Gasteiger charge is 2.24. The highest BCUT2D eigenvalue weighted by molar-refractivity contribution is 5.92. The molecule has 2 N–H and O–H groups in total. The number of piperidine rings is 1. The number of aryl methyl sites for hydroxylation is 1. The molecule has 1 fully saturated rings. The van der Waals surface area contributed by atoms with Gasteiger partial charge >= 0.3 is 0 Å². The van der Waals surface area contributed by atoms with E-state index in [4.69, 9.17) is 17.7 Å². The van der Waals surface area contributed by atoms with Gasteiger partial charge in [-0.2, -0.15) is 0 Å². The molecule has 24 heavy (non-hydrogen) atoms. The van der Waals surface area contributed by atoms with E-state index in [1.165, 1.54) is 6.07 Å². The molecule has 0 saturated carbocycles. The Morgan fingerprint density at radius 2 is 2.21 bits per heavy atom. The van der Waals surface area contributed by atoms with Crippen LogP contribution in [0.15, 0.2) is 6.07 Å². The summed E-state index contributed by atoms with van der Waals surface area (Å²) in [4.78, 5) is 9.04. The van der Waals surface area contributed by atoms with Gasteiger partial charge in [-0.3, -0.25) is 4.98 Å². The minimum absolute atomic E-state index is 0.209. The van der Waals surface area contributed by atoms with Crippen LogP contribution in [0.1, 0.15) is 38.7 Å². The molecule has 3 heterocycles. The summed E-state index contributed by atoms with van der Waals surface area (Å²) in [5, 5.41) is 6.94. The molecule has 6 nitrogen and oxygen atoms in total. The predicted octanol–water partition coefficient (Wildman–Crippen LogP) is 2.30. The monoisotopic (exact) mass is 334 g/mol. The number of fused-ring (bicyclic) bond motifs is 2. The first-order chi connectivity index (χ1) is 14.1. The summed E-state index contributed by atoms with van der Waals surface area (Å²) >= 11 is 0. The number of ether oxygens (including phenoxy) is 2. The summed E-state index contributed by atoms with van der Waals surface area (Å²) in [5.74, 6) is -0.655. The lowest BCUT2D eigenvalue weighted by Gasteiger charge is -2.26. The Kier molecular flexibility index (Phi) is 2.69. The molecule has 0 spiro atoms. The van der Waals surface area contributed by atoms with Gasteiger partial charge in [0.25, 0.3) is 5.88 Å². The Morgan fingerprint density at radius 3 is 3.04 bits per heavy atom. The van der Waals surface area contributed by atoms with Crippen LogP contribution >= 0.6 is 0 Å². The van der Waals surface area contributed by atoms with E-state index in [0.29, 0.717) is 11.0 Å². The molecule has 0 unspecified atom stereocenters. The van der Waals surface area contributed by atoms with E-state index in [1.54, 1.807) is 0 Å². The second-order valence-electron chi connectivity index (χ2n) is 6.32. The van der Waals surface area contributed by atoms with Gasteiger partial charge in [0.05, 0.1) is 33.5 Å². The highest BCUT2D eigenvalue weighted by atomic mass is 16.5. The van der Waals surface area contributed by atoms with Crippen LogP contribution in [0.2, 0.25) is 0 Å². The van der Waals surface area contributed by atoms with Gasteiger partial charge in [-0.1, -0.05) is 0 Å². The van der Waals surface area contributed by atoms with E-state index >= 15 is 0 Å². The quantitative estimate of drug-likeness (QED) is 0.894. The third kappa shape index (κ3) is 2.65. The predicted molar refractivity (Wildman–Crippen MR) is 94.2 cm³/mol. The van der Waals surface area contributed by atoms with Crippen LogP contribution in [0.5, 0.6) is 11.6 Å². The molecule has 1 saturated heterocycles. The molecule has 0 radical (unpaired) electrons. The van der Waals surface area contributed by atoms with Crippen molar-refractivity contribution in [1.29, 1.82) is 0 Å². The van der Waals surface area contributed by atoms with Crippen molar-refractivity contribution in [3.8, 4) is 11.6 Å². The lowest BCUT2D eigenvalue weighted by atomic mass is 10.0. The Hall–Kier alpha value is -2.08. The number of nitrogens with zero attached hydrogens (tertiary/aromatic N) is 2. The first-order valence-electron chi connectivity index (χ1n) is 11.3. The molecule has 1 aliphatic carbocycles. The third-order valence-corrected chi connectivity index (χ3v) is 4.77. The molecule has 4 rings (SSSR count). The Morgan fingerprint density at radius 1 is 1.25 bits per heavy atom. The summed E-state index contributed by atoms with van der Waals surface area (Å²) in [7, 11) is -5.59. The van der Waals surface area contributed by atoms with Crippen LogP contribution in [-0.4, -0.2) is 43.2 Å². The van der Waals surface area contributed by atoms with Gasteiger partial charge in [-0.15, -0.1) is 0 Å². The SMILES string of the molecule is [2H]C([2H])([2H])Oc1cc2nc3c(c(N[C@@H]4CCCNC4)c2nc1OC([2H])([2H])[2H])CCC3. The third-order valence-electron chi connectivity index (χ3n) is 4.77. The number of rotatable bonds is 4. The van der Waals surface area contributed by atoms with Crippen LogP contribution < -0.4 is 20.1 Å². The van der Waals surface area contributed by atoms with Crippen LogP contribution in [0.25, 0.3) is 11.0 Å². The first kappa shape index (κ1) is 10.0. The molecule has 6 heteroatoms. The molecule has 0 bridgehead atoms. The number of methoxy groups -OCH3 is 2. The molecule has 1 atom stereocenters. The molecular weight excluding hydrogens is 304 g/mol. The number of hydrogen-bond acceptors (Lipinski definition) is 6. The molecule has 0 aromatic carbocycles. The smallest absolute Gasteiger partial charge is 0.257 e. The van der Waals surface area contributed by atoms with E-state index in [0.717, 1.165) is 62.1 Å². The van der Waals surface area contributed by atoms with Crippen LogP contribution in [-0.2, 0) is 12.8 Å². The van der Waals surface area contributed by atoms with Crippen molar-refractivity contribution in [2.75, 3.05) is 32.5 Å². The topological polar surface area (TPSA) is 68.3 Å². The maximum Gasteiger partial charge on any atom is 0.257 e. The number of hydrogen-bond donors (Lipinski definition) is 2. The summed E-state index contributed by atoms with van der Waals surface area (Å²) in [6.07, 6.45) is 4.70. The number of nitrogens with one attached hydrogen (secondary N) is 2. The number of aromatic nitrogens is 2. The maximum atomic E-state index is 7.42. The number of anilines is 1. The van der Waals surface area contributed by atoms with E-state index < -0.39 is 14.1 Å². The maximum absolute atomic E-state index is 7.42. The standard InChI is InChI=1S/C18H24N4O2/c1-23-15-9-14-17(22-18(15)24-2)16(12-6-3-7-13(12)21-14)20-11-5-4-8-19-10-11/h9,11,19H,3-8,10H2,1-2H3,(H,20,21)/t11-/m1/s1/i1D3,2D3. The first-order valence-corrected chi connectivity index (χ1v) is 8.31. The van der Waals surface area contributed by atoms with Crippen molar-refractivity contribution >= 4 is 16.7 Å². The van der Waals surface area contributed by atoms with Gasteiger partial charge in [0, 0.05) is 24.3 Å². The lowest BCUT2D eigenvalue weighted by Crippen LogP contribution is -2.38. The van der Waals surface area contributed by atoms with Gasteiger partial charge in [0.15, 0.2) is 5.75 Å².